The second kappa shape index (κ2) is 8.89. The third-order valence-corrected chi connectivity index (χ3v) is 4.97. The lowest BCUT2D eigenvalue weighted by Gasteiger charge is -2.10. The number of carbonyl (C=O) groups excluding carboxylic acids is 2. The molecule has 0 saturated carbocycles. The Morgan fingerprint density at radius 3 is 2.21 bits per heavy atom. The molecule has 0 aromatic heterocycles. The Labute approximate surface area is 154 Å². The number of benzene rings is 2. The van der Waals surface area contributed by atoms with Crippen molar-refractivity contribution in [2.75, 3.05) is 22.1 Å². The average Bonchev–Trinajstić information content (AvgIpc) is 2.53. The molecule has 2 aromatic rings. The average molecular weight is 407 g/mol. The van der Waals surface area contributed by atoms with Gasteiger partial charge in [-0.3, -0.25) is 9.59 Å². The highest BCUT2D eigenvalue weighted by Crippen LogP contribution is 2.26. The lowest BCUT2D eigenvalue weighted by atomic mass is 10.1. The molecular weight excluding hydrogens is 388 g/mol. The molecule has 0 saturated heterocycles. The van der Waals surface area contributed by atoms with Gasteiger partial charge in [0.2, 0.25) is 11.8 Å². The van der Waals surface area contributed by atoms with E-state index in [4.69, 9.17) is 0 Å². The molecule has 24 heavy (non-hydrogen) atoms. The molecule has 6 heteroatoms. The number of rotatable bonds is 6. The summed E-state index contributed by atoms with van der Waals surface area (Å²) in [5.41, 5.74) is 3.78. The van der Waals surface area contributed by atoms with Crippen LogP contribution in [0.3, 0.4) is 0 Å². The zero-order valence-corrected chi connectivity index (χ0v) is 16.0. The highest BCUT2D eigenvalue weighted by Gasteiger charge is 2.09. The number of amides is 2. The Balaban J connectivity index is 1.77. The van der Waals surface area contributed by atoms with Crippen LogP contribution in [0.15, 0.2) is 46.9 Å². The minimum atomic E-state index is -0.128. The molecule has 2 N–H and O–H groups in total. The van der Waals surface area contributed by atoms with Crippen LogP contribution < -0.4 is 10.6 Å². The Kier molecular flexibility index (Phi) is 6.87. The first-order valence-corrected chi connectivity index (χ1v) is 9.39. The number of carbonyl (C=O) groups is 2. The lowest BCUT2D eigenvalue weighted by molar-refractivity contribution is -0.114. The molecule has 0 aliphatic carbocycles. The highest BCUT2D eigenvalue weighted by atomic mass is 79.9. The van der Waals surface area contributed by atoms with Crippen LogP contribution in [0.2, 0.25) is 0 Å². The van der Waals surface area contributed by atoms with Crippen molar-refractivity contribution in [3.63, 3.8) is 0 Å². The van der Waals surface area contributed by atoms with Crippen LogP contribution >= 0.6 is 27.7 Å². The molecule has 0 bridgehead atoms. The second-order valence-electron chi connectivity index (χ2n) is 5.37. The summed E-state index contributed by atoms with van der Waals surface area (Å²) in [6, 6.07) is 13.2. The number of nitrogens with one attached hydrogen (secondary N) is 2. The zero-order chi connectivity index (χ0) is 17.5. The fourth-order valence-electron chi connectivity index (χ4n) is 2.02. The Bertz CT molecular complexity index is 735. The molecule has 0 aliphatic rings. The first kappa shape index (κ1) is 18.5. The van der Waals surface area contributed by atoms with Gasteiger partial charge in [-0.2, -0.15) is 0 Å². The third-order valence-electron chi connectivity index (χ3n) is 3.38. The van der Waals surface area contributed by atoms with Gasteiger partial charge >= 0.3 is 0 Å². The first-order valence-electron chi connectivity index (χ1n) is 7.45. The number of hydrogen-bond acceptors (Lipinski definition) is 3. The number of hydrogen-bond donors (Lipinski definition) is 2. The van der Waals surface area contributed by atoms with Crippen LogP contribution in [0.1, 0.15) is 11.1 Å². The molecule has 0 atom stereocenters. The summed E-state index contributed by atoms with van der Waals surface area (Å²) < 4.78 is 0.853. The minimum Gasteiger partial charge on any atom is -0.325 e. The summed E-state index contributed by atoms with van der Waals surface area (Å²) in [5, 5.41) is 5.65. The smallest absolute Gasteiger partial charge is 0.234 e. The van der Waals surface area contributed by atoms with Crippen molar-refractivity contribution in [2.45, 2.75) is 13.8 Å². The van der Waals surface area contributed by atoms with Crippen LogP contribution in [0.25, 0.3) is 0 Å². The standard InChI is InChI=1S/C18H19BrN2O2S/c1-12-8-15(19)16(9-13(12)2)21-18(23)11-24-10-17(22)20-14-6-4-3-5-7-14/h3-9H,10-11H2,1-2H3,(H,20,22)(H,21,23). The topological polar surface area (TPSA) is 58.2 Å². The number of aryl methyl sites for hydroxylation is 2. The number of halogens is 1. The predicted octanol–water partition coefficient (Wildman–Crippen LogP) is 4.38. The largest absolute Gasteiger partial charge is 0.325 e. The van der Waals surface area contributed by atoms with E-state index in [0.29, 0.717) is 0 Å². The first-order chi connectivity index (χ1) is 11.5. The van der Waals surface area contributed by atoms with Crippen molar-refractivity contribution >= 4 is 50.9 Å². The van der Waals surface area contributed by atoms with Crippen molar-refractivity contribution in [3.05, 3.63) is 58.1 Å². The van der Waals surface area contributed by atoms with Crippen LogP contribution in [0.4, 0.5) is 11.4 Å². The Hall–Kier alpha value is -1.79. The maximum atomic E-state index is 12.0. The van der Waals surface area contributed by atoms with Gasteiger partial charge in [0, 0.05) is 10.2 Å². The van der Waals surface area contributed by atoms with E-state index < -0.39 is 0 Å². The molecule has 0 spiro atoms. The fourth-order valence-corrected chi connectivity index (χ4v) is 3.19. The molecule has 0 aliphatic heterocycles. The van der Waals surface area contributed by atoms with Crippen molar-refractivity contribution in [1.82, 2.24) is 0 Å². The molecule has 126 valence electrons. The summed E-state index contributed by atoms with van der Waals surface area (Å²) in [5.74, 6) is 0.209. The van der Waals surface area contributed by atoms with Gasteiger partial charge in [-0.15, -0.1) is 11.8 Å². The summed E-state index contributed by atoms with van der Waals surface area (Å²) >= 11 is 4.73. The Morgan fingerprint density at radius 1 is 0.958 bits per heavy atom. The molecule has 0 heterocycles. The van der Waals surface area contributed by atoms with Gasteiger partial charge < -0.3 is 10.6 Å². The van der Waals surface area contributed by atoms with Crippen molar-refractivity contribution in [2.24, 2.45) is 0 Å². The molecule has 0 radical (unpaired) electrons. The van der Waals surface area contributed by atoms with Gasteiger partial charge in [0.05, 0.1) is 17.2 Å². The van der Waals surface area contributed by atoms with E-state index in [1.165, 1.54) is 11.8 Å². The lowest BCUT2D eigenvalue weighted by Crippen LogP contribution is -2.18. The van der Waals surface area contributed by atoms with E-state index in [1.807, 2.05) is 56.3 Å². The van der Waals surface area contributed by atoms with E-state index in [1.54, 1.807) is 0 Å². The molecule has 0 fully saturated rings. The van der Waals surface area contributed by atoms with Crippen LogP contribution in [-0.4, -0.2) is 23.3 Å². The number of anilines is 2. The van der Waals surface area contributed by atoms with Gasteiger partial charge in [0.15, 0.2) is 0 Å². The molecule has 2 aromatic carbocycles. The fraction of sp³-hybridized carbons (Fsp3) is 0.222. The SMILES string of the molecule is Cc1cc(Br)c(NC(=O)CSCC(=O)Nc2ccccc2)cc1C. The van der Waals surface area contributed by atoms with Crippen molar-refractivity contribution < 1.29 is 9.59 Å². The van der Waals surface area contributed by atoms with E-state index in [0.717, 1.165) is 27.0 Å². The van der Waals surface area contributed by atoms with Crippen LogP contribution in [0.5, 0.6) is 0 Å². The maximum absolute atomic E-state index is 12.0. The van der Waals surface area contributed by atoms with Crippen LogP contribution in [0, 0.1) is 13.8 Å². The van der Waals surface area contributed by atoms with Crippen molar-refractivity contribution in [1.29, 1.82) is 0 Å². The minimum absolute atomic E-state index is 0.119. The molecule has 4 nitrogen and oxygen atoms in total. The molecule has 0 unspecified atom stereocenters. The quantitative estimate of drug-likeness (QED) is 0.748. The number of para-hydroxylation sites is 1. The van der Waals surface area contributed by atoms with E-state index in [2.05, 4.69) is 26.6 Å². The van der Waals surface area contributed by atoms with E-state index >= 15 is 0 Å². The second-order valence-corrected chi connectivity index (χ2v) is 7.21. The summed E-state index contributed by atoms with van der Waals surface area (Å²) in [6.07, 6.45) is 0. The highest BCUT2D eigenvalue weighted by molar-refractivity contribution is 9.10. The van der Waals surface area contributed by atoms with Gasteiger partial charge in [-0.1, -0.05) is 18.2 Å². The van der Waals surface area contributed by atoms with Crippen LogP contribution in [-0.2, 0) is 9.59 Å². The summed E-state index contributed by atoms with van der Waals surface area (Å²) in [4.78, 5) is 23.8. The molecule has 2 rings (SSSR count). The predicted molar refractivity (Wildman–Crippen MR) is 105 cm³/mol. The van der Waals surface area contributed by atoms with Gasteiger partial charge in [-0.25, -0.2) is 0 Å². The number of thioether (sulfide) groups is 1. The Morgan fingerprint density at radius 2 is 1.54 bits per heavy atom. The normalized spacial score (nSPS) is 10.3. The van der Waals surface area contributed by atoms with Gasteiger partial charge in [0.1, 0.15) is 0 Å². The monoisotopic (exact) mass is 406 g/mol. The van der Waals surface area contributed by atoms with Gasteiger partial charge in [-0.05, 0) is 65.2 Å². The molecular formula is C18H19BrN2O2S. The zero-order valence-electron chi connectivity index (χ0n) is 13.6. The molecule has 2 amide bonds. The van der Waals surface area contributed by atoms with Crippen molar-refractivity contribution in [3.8, 4) is 0 Å². The summed E-state index contributed by atoms with van der Waals surface area (Å²) in [7, 11) is 0. The van der Waals surface area contributed by atoms with E-state index in [9.17, 15) is 9.59 Å². The third kappa shape index (κ3) is 5.69. The van der Waals surface area contributed by atoms with E-state index in [-0.39, 0.29) is 23.3 Å². The maximum Gasteiger partial charge on any atom is 0.234 e. The summed E-state index contributed by atoms with van der Waals surface area (Å²) in [6.45, 7) is 4.02. The van der Waals surface area contributed by atoms with Gasteiger partial charge in [0.25, 0.3) is 0 Å².